The largest absolute Gasteiger partial charge is 0.324 e. The number of thioether (sulfide) groups is 1. The van der Waals surface area contributed by atoms with Crippen LogP contribution < -0.4 is 5.32 Å². The van der Waals surface area contributed by atoms with Crippen LogP contribution in [0.4, 0.5) is 5.69 Å². The molecule has 3 rings (SSSR count). The second kappa shape index (κ2) is 7.46. The first-order valence-electron chi connectivity index (χ1n) is 7.13. The van der Waals surface area contributed by atoms with Gasteiger partial charge in [0.1, 0.15) is 5.69 Å². The van der Waals surface area contributed by atoms with E-state index in [-0.39, 0.29) is 11.7 Å². The van der Waals surface area contributed by atoms with E-state index < -0.39 is 0 Å². The molecule has 0 radical (unpaired) electrons. The maximum Gasteiger partial charge on any atom is 0.234 e. The molecule has 0 bridgehead atoms. The van der Waals surface area contributed by atoms with E-state index in [9.17, 15) is 4.79 Å². The number of para-hydroxylation sites is 1. The van der Waals surface area contributed by atoms with Gasteiger partial charge < -0.3 is 9.88 Å². The van der Waals surface area contributed by atoms with Crippen LogP contribution in [0.25, 0.3) is 11.5 Å². The molecule has 1 N–H and O–H groups in total. The normalized spacial score (nSPS) is 10.6. The molecule has 8 heteroatoms. The van der Waals surface area contributed by atoms with Crippen molar-refractivity contribution in [2.24, 2.45) is 7.05 Å². The summed E-state index contributed by atoms with van der Waals surface area (Å²) in [5, 5.41) is 12.2. The number of halogens is 1. The molecule has 0 aliphatic heterocycles. The minimum atomic E-state index is -0.157. The van der Waals surface area contributed by atoms with Crippen molar-refractivity contribution in [3.8, 4) is 11.5 Å². The Bertz CT molecular complexity index is 853. The molecule has 122 valence electrons. The van der Waals surface area contributed by atoms with Crippen molar-refractivity contribution in [2.75, 3.05) is 11.1 Å². The van der Waals surface area contributed by atoms with Gasteiger partial charge in [0.2, 0.25) is 5.91 Å². The lowest BCUT2D eigenvalue weighted by atomic mass is 10.3. The minimum absolute atomic E-state index is 0.157. The zero-order valence-electron chi connectivity index (χ0n) is 12.8. The van der Waals surface area contributed by atoms with E-state index in [1.807, 2.05) is 41.9 Å². The molecule has 0 saturated heterocycles. The summed E-state index contributed by atoms with van der Waals surface area (Å²) < 4.78 is 1.82. The predicted molar refractivity (Wildman–Crippen MR) is 95.0 cm³/mol. The van der Waals surface area contributed by atoms with Crippen LogP contribution in [0.3, 0.4) is 0 Å². The molecule has 24 heavy (non-hydrogen) atoms. The van der Waals surface area contributed by atoms with Crippen LogP contribution in [0.1, 0.15) is 0 Å². The molecule has 0 unspecified atom stereocenters. The van der Waals surface area contributed by atoms with E-state index in [4.69, 9.17) is 11.6 Å². The number of amides is 1. The number of carbonyl (C=O) groups excluding carboxylic acids is 1. The smallest absolute Gasteiger partial charge is 0.234 e. The Morgan fingerprint density at radius 2 is 2.00 bits per heavy atom. The van der Waals surface area contributed by atoms with Gasteiger partial charge in [0, 0.05) is 13.2 Å². The number of carbonyl (C=O) groups is 1. The van der Waals surface area contributed by atoms with Gasteiger partial charge in [0.15, 0.2) is 11.0 Å². The number of hydrogen-bond acceptors (Lipinski definition) is 5. The number of hydrogen-bond donors (Lipinski definition) is 1. The second-order valence-corrected chi connectivity index (χ2v) is 6.25. The van der Waals surface area contributed by atoms with Crippen LogP contribution in [0, 0.1) is 0 Å². The Labute approximate surface area is 148 Å². The highest BCUT2D eigenvalue weighted by molar-refractivity contribution is 7.99. The number of pyridine rings is 1. The molecule has 1 amide bonds. The van der Waals surface area contributed by atoms with Crippen molar-refractivity contribution in [3.63, 3.8) is 0 Å². The molecule has 0 atom stereocenters. The van der Waals surface area contributed by atoms with Crippen molar-refractivity contribution in [3.05, 3.63) is 53.7 Å². The van der Waals surface area contributed by atoms with Crippen molar-refractivity contribution in [1.82, 2.24) is 19.7 Å². The Morgan fingerprint density at radius 3 is 2.75 bits per heavy atom. The lowest BCUT2D eigenvalue weighted by molar-refractivity contribution is -0.113. The third kappa shape index (κ3) is 3.74. The molecule has 0 aliphatic rings. The van der Waals surface area contributed by atoms with E-state index in [1.54, 1.807) is 18.3 Å². The Kier molecular flexibility index (Phi) is 5.12. The zero-order valence-corrected chi connectivity index (χ0v) is 14.4. The lowest BCUT2D eigenvalue weighted by Crippen LogP contribution is -2.14. The van der Waals surface area contributed by atoms with Gasteiger partial charge in [0.05, 0.1) is 16.5 Å². The van der Waals surface area contributed by atoms with Crippen molar-refractivity contribution in [1.29, 1.82) is 0 Å². The average molecular weight is 360 g/mol. The molecule has 2 heterocycles. The van der Waals surface area contributed by atoms with Crippen molar-refractivity contribution >= 4 is 35.0 Å². The van der Waals surface area contributed by atoms with Crippen LogP contribution in [0.2, 0.25) is 5.02 Å². The summed E-state index contributed by atoms with van der Waals surface area (Å²) in [7, 11) is 1.85. The molecular formula is C16H14ClN5OS. The highest BCUT2D eigenvalue weighted by Crippen LogP contribution is 2.23. The van der Waals surface area contributed by atoms with Gasteiger partial charge >= 0.3 is 0 Å². The summed E-state index contributed by atoms with van der Waals surface area (Å²) in [6, 6.07) is 12.7. The number of aromatic nitrogens is 4. The number of anilines is 1. The number of nitrogens with zero attached hydrogens (tertiary/aromatic N) is 4. The highest BCUT2D eigenvalue weighted by Gasteiger charge is 2.14. The van der Waals surface area contributed by atoms with Gasteiger partial charge in [-0.2, -0.15) is 0 Å². The summed E-state index contributed by atoms with van der Waals surface area (Å²) in [6.45, 7) is 0. The fourth-order valence-corrected chi connectivity index (χ4v) is 2.93. The maximum atomic E-state index is 12.1. The summed E-state index contributed by atoms with van der Waals surface area (Å²) in [4.78, 5) is 16.3. The molecule has 2 aromatic heterocycles. The maximum absolute atomic E-state index is 12.1. The fraction of sp³-hybridized carbons (Fsp3) is 0.125. The second-order valence-electron chi connectivity index (χ2n) is 4.90. The summed E-state index contributed by atoms with van der Waals surface area (Å²) in [6.07, 6.45) is 1.70. The van der Waals surface area contributed by atoms with Gasteiger partial charge in [-0.15, -0.1) is 10.2 Å². The van der Waals surface area contributed by atoms with Gasteiger partial charge in [0.25, 0.3) is 0 Å². The summed E-state index contributed by atoms with van der Waals surface area (Å²) >= 11 is 7.33. The van der Waals surface area contributed by atoms with Crippen LogP contribution in [0.15, 0.2) is 53.8 Å². The molecule has 0 spiro atoms. The van der Waals surface area contributed by atoms with E-state index in [2.05, 4.69) is 20.5 Å². The first-order valence-corrected chi connectivity index (χ1v) is 8.49. The topological polar surface area (TPSA) is 72.7 Å². The average Bonchev–Trinajstić information content (AvgIpc) is 2.97. The first-order chi connectivity index (χ1) is 11.6. The highest BCUT2D eigenvalue weighted by atomic mass is 35.5. The lowest BCUT2D eigenvalue weighted by Gasteiger charge is -2.06. The zero-order chi connectivity index (χ0) is 16.9. The van der Waals surface area contributed by atoms with Crippen molar-refractivity contribution in [2.45, 2.75) is 5.16 Å². The Hall–Kier alpha value is -2.38. The van der Waals surface area contributed by atoms with Gasteiger partial charge in [-0.25, -0.2) is 0 Å². The van der Waals surface area contributed by atoms with E-state index in [1.165, 1.54) is 11.8 Å². The minimum Gasteiger partial charge on any atom is -0.324 e. The van der Waals surface area contributed by atoms with E-state index in [0.717, 1.165) is 5.69 Å². The molecule has 0 fully saturated rings. The number of benzene rings is 1. The Balaban J connectivity index is 1.64. The molecule has 6 nitrogen and oxygen atoms in total. The summed E-state index contributed by atoms with van der Waals surface area (Å²) in [5.41, 5.74) is 1.33. The molecular weight excluding hydrogens is 346 g/mol. The molecule has 0 saturated carbocycles. The van der Waals surface area contributed by atoms with E-state index >= 15 is 0 Å². The Morgan fingerprint density at radius 1 is 1.21 bits per heavy atom. The monoisotopic (exact) mass is 359 g/mol. The molecule has 0 aliphatic carbocycles. The fourth-order valence-electron chi connectivity index (χ4n) is 2.04. The van der Waals surface area contributed by atoms with Crippen LogP contribution in [0.5, 0.6) is 0 Å². The number of nitrogens with one attached hydrogen (secondary N) is 1. The van der Waals surface area contributed by atoms with Crippen LogP contribution in [-0.2, 0) is 11.8 Å². The van der Waals surface area contributed by atoms with Crippen LogP contribution in [-0.4, -0.2) is 31.4 Å². The number of rotatable bonds is 5. The third-order valence-corrected chi connectivity index (χ3v) is 4.56. The SMILES string of the molecule is Cn1c(SCC(=O)Nc2ccccc2Cl)nnc1-c1ccccn1. The quantitative estimate of drug-likeness (QED) is 0.708. The van der Waals surface area contributed by atoms with Gasteiger partial charge in [-0.3, -0.25) is 9.78 Å². The van der Waals surface area contributed by atoms with Gasteiger partial charge in [-0.1, -0.05) is 41.6 Å². The molecule has 3 aromatic rings. The van der Waals surface area contributed by atoms with Gasteiger partial charge in [-0.05, 0) is 24.3 Å². The standard InChI is InChI=1S/C16H14ClN5OS/c1-22-15(13-8-4-5-9-18-13)20-21-16(22)24-10-14(23)19-12-7-3-2-6-11(12)17/h2-9H,10H2,1H3,(H,19,23). The summed E-state index contributed by atoms with van der Waals surface area (Å²) in [5.74, 6) is 0.708. The third-order valence-electron chi connectivity index (χ3n) is 3.21. The van der Waals surface area contributed by atoms with Crippen molar-refractivity contribution < 1.29 is 4.79 Å². The predicted octanol–water partition coefficient (Wildman–Crippen LogP) is 3.26. The first kappa shape index (κ1) is 16.5. The van der Waals surface area contributed by atoms with E-state index in [0.29, 0.717) is 21.7 Å². The molecule has 1 aromatic carbocycles. The van der Waals surface area contributed by atoms with Crippen LogP contribution >= 0.6 is 23.4 Å².